The highest BCUT2D eigenvalue weighted by Gasteiger charge is 2.00. The van der Waals surface area contributed by atoms with E-state index in [2.05, 4.69) is 11.2 Å². The van der Waals surface area contributed by atoms with Gasteiger partial charge in [0.15, 0.2) is 5.88 Å². The maximum atomic E-state index is 9.29. The predicted molar refractivity (Wildman–Crippen MR) is 58.4 cm³/mol. The van der Waals surface area contributed by atoms with Crippen LogP contribution in [0.15, 0.2) is 12.3 Å². The number of hydrogen-bond donors (Lipinski definition) is 2. The molecular formula is C10H17NOS. The third-order valence-electron chi connectivity index (χ3n) is 2.10. The number of hydrogen-bond acceptors (Lipinski definition) is 2. The topological polar surface area (TPSA) is 36.0 Å². The zero-order chi connectivity index (χ0) is 9.52. The van der Waals surface area contributed by atoms with E-state index in [9.17, 15) is 5.11 Å². The van der Waals surface area contributed by atoms with Crippen molar-refractivity contribution in [3.05, 3.63) is 17.8 Å². The number of H-pyrrole nitrogens is 1. The Labute approximate surface area is 83.7 Å². The van der Waals surface area contributed by atoms with Crippen molar-refractivity contribution in [2.24, 2.45) is 0 Å². The maximum absolute atomic E-state index is 9.29. The molecule has 13 heavy (non-hydrogen) atoms. The van der Waals surface area contributed by atoms with E-state index in [1.165, 1.54) is 25.0 Å². The second-order valence-corrected chi connectivity index (χ2v) is 4.14. The summed E-state index contributed by atoms with van der Waals surface area (Å²) in [6.07, 6.45) is 8.62. The highest BCUT2D eigenvalue weighted by molar-refractivity contribution is 7.98. The molecule has 0 spiro atoms. The molecule has 0 atom stereocenters. The van der Waals surface area contributed by atoms with Crippen LogP contribution in [0.4, 0.5) is 0 Å². The van der Waals surface area contributed by atoms with Crippen LogP contribution in [-0.4, -0.2) is 22.1 Å². The third kappa shape index (κ3) is 3.77. The molecule has 74 valence electrons. The number of aromatic amines is 1. The van der Waals surface area contributed by atoms with E-state index >= 15 is 0 Å². The molecule has 0 saturated heterocycles. The fourth-order valence-electron chi connectivity index (χ4n) is 1.33. The molecule has 1 heterocycles. The molecule has 0 unspecified atom stereocenters. The van der Waals surface area contributed by atoms with Crippen molar-refractivity contribution in [2.45, 2.75) is 25.7 Å². The molecule has 1 aromatic rings. The minimum Gasteiger partial charge on any atom is -0.494 e. The summed E-state index contributed by atoms with van der Waals surface area (Å²) < 4.78 is 0. The number of aromatic nitrogens is 1. The van der Waals surface area contributed by atoms with E-state index in [-0.39, 0.29) is 0 Å². The number of aromatic hydroxyl groups is 1. The van der Waals surface area contributed by atoms with Crippen LogP contribution >= 0.6 is 11.8 Å². The van der Waals surface area contributed by atoms with Gasteiger partial charge in [0.1, 0.15) is 0 Å². The highest BCUT2D eigenvalue weighted by Crippen LogP contribution is 2.16. The van der Waals surface area contributed by atoms with Crippen molar-refractivity contribution < 1.29 is 5.11 Å². The molecule has 0 saturated carbocycles. The van der Waals surface area contributed by atoms with Gasteiger partial charge in [-0.15, -0.1) is 0 Å². The highest BCUT2D eigenvalue weighted by atomic mass is 32.2. The number of nitrogens with one attached hydrogen (secondary N) is 1. The zero-order valence-corrected chi connectivity index (χ0v) is 8.86. The Hall–Kier alpha value is -0.570. The van der Waals surface area contributed by atoms with Gasteiger partial charge in [0.2, 0.25) is 0 Å². The molecule has 0 radical (unpaired) electrons. The summed E-state index contributed by atoms with van der Waals surface area (Å²) in [7, 11) is 0. The van der Waals surface area contributed by atoms with Crippen molar-refractivity contribution in [3.8, 4) is 5.88 Å². The first-order valence-electron chi connectivity index (χ1n) is 4.68. The van der Waals surface area contributed by atoms with E-state index < -0.39 is 0 Å². The maximum Gasteiger partial charge on any atom is 0.191 e. The molecule has 0 aromatic carbocycles. The fourth-order valence-corrected chi connectivity index (χ4v) is 1.83. The summed E-state index contributed by atoms with van der Waals surface area (Å²) in [5.74, 6) is 1.59. The van der Waals surface area contributed by atoms with Crippen molar-refractivity contribution in [1.82, 2.24) is 4.98 Å². The SMILES string of the molecule is CSCCCCCc1cc[nH]c1O. The molecule has 0 aliphatic heterocycles. The lowest BCUT2D eigenvalue weighted by Crippen LogP contribution is -1.85. The second-order valence-electron chi connectivity index (χ2n) is 3.15. The van der Waals surface area contributed by atoms with Gasteiger partial charge in [-0.05, 0) is 37.3 Å². The van der Waals surface area contributed by atoms with E-state index in [1.54, 1.807) is 6.20 Å². The lowest BCUT2D eigenvalue weighted by Gasteiger charge is -1.99. The van der Waals surface area contributed by atoms with Crippen molar-refractivity contribution in [1.29, 1.82) is 0 Å². The number of rotatable bonds is 6. The Kier molecular flexibility index (Phi) is 4.83. The van der Waals surface area contributed by atoms with Crippen LogP contribution in [0.3, 0.4) is 0 Å². The lowest BCUT2D eigenvalue weighted by atomic mass is 10.1. The van der Waals surface area contributed by atoms with Gasteiger partial charge in [-0.25, -0.2) is 0 Å². The van der Waals surface area contributed by atoms with Crippen LogP contribution in [0.25, 0.3) is 0 Å². The quantitative estimate of drug-likeness (QED) is 0.691. The van der Waals surface area contributed by atoms with Crippen LogP contribution in [0.2, 0.25) is 0 Å². The van der Waals surface area contributed by atoms with Gasteiger partial charge in [0.25, 0.3) is 0 Å². The first-order chi connectivity index (χ1) is 6.34. The molecule has 0 aliphatic carbocycles. The van der Waals surface area contributed by atoms with Gasteiger partial charge in [-0.2, -0.15) is 11.8 Å². The van der Waals surface area contributed by atoms with E-state index in [0.29, 0.717) is 5.88 Å². The standard InChI is InChI=1S/C10H17NOS/c1-13-8-4-2-3-5-9-6-7-11-10(9)12/h6-7,11-12H,2-5,8H2,1H3. The molecule has 2 N–H and O–H groups in total. The van der Waals surface area contributed by atoms with Gasteiger partial charge >= 0.3 is 0 Å². The average molecular weight is 199 g/mol. The Bertz CT molecular complexity index is 235. The molecule has 1 rings (SSSR count). The van der Waals surface area contributed by atoms with Crippen LogP contribution in [0.1, 0.15) is 24.8 Å². The Morgan fingerprint density at radius 2 is 2.23 bits per heavy atom. The smallest absolute Gasteiger partial charge is 0.191 e. The van der Waals surface area contributed by atoms with Crippen molar-refractivity contribution in [3.63, 3.8) is 0 Å². The van der Waals surface area contributed by atoms with Crippen LogP contribution in [0.5, 0.6) is 5.88 Å². The van der Waals surface area contributed by atoms with E-state index in [4.69, 9.17) is 0 Å². The first kappa shape index (κ1) is 10.5. The summed E-state index contributed by atoms with van der Waals surface area (Å²) >= 11 is 1.90. The predicted octanol–water partition coefficient (Wildman–Crippen LogP) is 2.80. The molecule has 0 fully saturated rings. The molecule has 3 heteroatoms. The van der Waals surface area contributed by atoms with Gasteiger partial charge in [0.05, 0.1) is 0 Å². The molecule has 2 nitrogen and oxygen atoms in total. The van der Waals surface area contributed by atoms with Crippen molar-refractivity contribution in [2.75, 3.05) is 12.0 Å². The lowest BCUT2D eigenvalue weighted by molar-refractivity contribution is 0.449. The largest absolute Gasteiger partial charge is 0.494 e. The van der Waals surface area contributed by atoms with Crippen LogP contribution in [-0.2, 0) is 6.42 Å². The average Bonchev–Trinajstić information content (AvgIpc) is 2.52. The number of thioether (sulfide) groups is 1. The third-order valence-corrected chi connectivity index (χ3v) is 2.80. The minimum absolute atomic E-state index is 0.338. The summed E-state index contributed by atoms with van der Waals surface area (Å²) in [5.41, 5.74) is 1.05. The molecule has 0 aliphatic rings. The van der Waals surface area contributed by atoms with Crippen LogP contribution in [0, 0.1) is 0 Å². The Morgan fingerprint density at radius 1 is 1.38 bits per heavy atom. The summed E-state index contributed by atoms with van der Waals surface area (Å²) in [6, 6.07) is 1.95. The molecule has 0 bridgehead atoms. The molecule has 0 amide bonds. The zero-order valence-electron chi connectivity index (χ0n) is 8.05. The Morgan fingerprint density at radius 3 is 2.85 bits per heavy atom. The number of aryl methyl sites for hydroxylation is 1. The first-order valence-corrected chi connectivity index (χ1v) is 6.08. The molecular weight excluding hydrogens is 182 g/mol. The summed E-state index contributed by atoms with van der Waals surface area (Å²) in [4.78, 5) is 2.77. The molecule has 1 aromatic heterocycles. The number of unbranched alkanes of at least 4 members (excludes halogenated alkanes) is 2. The van der Waals surface area contributed by atoms with Crippen LogP contribution < -0.4 is 0 Å². The summed E-state index contributed by atoms with van der Waals surface area (Å²) in [6.45, 7) is 0. The van der Waals surface area contributed by atoms with Gasteiger partial charge < -0.3 is 10.1 Å². The second kappa shape index (κ2) is 5.97. The van der Waals surface area contributed by atoms with Gasteiger partial charge in [-0.1, -0.05) is 6.42 Å². The Balaban J connectivity index is 2.10. The summed E-state index contributed by atoms with van der Waals surface area (Å²) in [5, 5.41) is 9.29. The van der Waals surface area contributed by atoms with Gasteiger partial charge in [-0.3, -0.25) is 0 Å². The monoisotopic (exact) mass is 199 g/mol. The van der Waals surface area contributed by atoms with Crippen molar-refractivity contribution >= 4 is 11.8 Å². The fraction of sp³-hybridized carbons (Fsp3) is 0.600. The van der Waals surface area contributed by atoms with E-state index in [0.717, 1.165) is 12.0 Å². The van der Waals surface area contributed by atoms with E-state index in [1.807, 2.05) is 17.8 Å². The normalized spacial score (nSPS) is 10.5. The minimum atomic E-state index is 0.338. The van der Waals surface area contributed by atoms with Gasteiger partial charge in [0, 0.05) is 11.8 Å².